The summed E-state index contributed by atoms with van der Waals surface area (Å²) in [5.74, 6) is 0.656. The maximum absolute atomic E-state index is 12.8. The molecular weight excluding hydrogens is 560 g/mol. The Kier molecular flexibility index (Phi) is 7.64. The van der Waals surface area contributed by atoms with Crippen LogP contribution in [0.25, 0.3) is 10.2 Å². The molecule has 6 nitrogen and oxygen atoms in total. The number of benzene rings is 2. The summed E-state index contributed by atoms with van der Waals surface area (Å²) in [6.07, 6.45) is -14.7. The molecule has 0 N–H and O–H groups in total. The fraction of sp³-hybridized carbons (Fsp3) is 0.481. The number of amides is 1. The first-order chi connectivity index (χ1) is 18.8. The molecule has 0 unspecified atom stereocenters. The lowest BCUT2D eigenvalue weighted by Crippen LogP contribution is -2.54. The van der Waals surface area contributed by atoms with Gasteiger partial charge >= 0.3 is 18.4 Å². The lowest BCUT2D eigenvalue weighted by molar-refractivity contribution is -0.308. The van der Waals surface area contributed by atoms with E-state index in [4.69, 9.17) is 4.74 Å². The van der Waals surface area contributed by atoms with Crippen LogP contribution in [0.1, 0.15) is 36.8 Å². The van der Waals surface area contributed by atoms with Gasteiger partial charge in [-0.2, -0.15) is 26.3 Å². The number of thiazole rings is 1. The van der Waals surface area contributed by atoms with Gasteiger partial charge in [-0.3, -0.25) is 4.90 Å². The first-order valence-electron chi connectivity index (χ1n) is 12.8. The second kappa shape index (κ2) is 10.7. The van der Waals surface area contributed by atoms with Crippen molar-refractivity contribution in [3.05, 3.63) is 53.6 Å². The molecule has 2 aliphatic heterocycles. The molecule has 3 heterocycles. The normalized spacial score (nSPS) is 18.1. The number of rotatable bonds is 5. The quantitative estimate of drug-likeness (QED) is 0.290. The third-order valence-corrected chi connectivity index (χ3v) is 8.38. The van der Waals surface area contributed by atoms with Gasteiger partial charge in [0.25, 0.3) is 11.3 Å². The molecule has 5 rings (SSSR count). The molecule has 2 fully saturated rings. The summed E-state index contributed by atoms with van der Waals surface area (Å²) in [4.78, 5) is 20.0. The zero-order valence-corrected chi connectivity index (χ0v) is 22.3. The third-order valence-electron chi connectivity index (χ3n) is 7.47. The first kappa shape index (κ1) is 28.5. The number of fused-ring (bicyclic) bond motifs is 1. The van der Waals surface area contributed by atoms with Crippen molar-refractivity contribution in [1.82, 2.24) is 14.8 Å². The molecule has 1 amide bonds. The number of piperidine rings is 1. The number of alkyl halides is 6. The number of carbonyl (C=O) groups is 1. The van der Waals surface area contributed by atoms with E-state index in [0.717, 1.165) is 45.6 Å². The van der Waals surface area contributed by atoms with Gasteiger partial charge in [0.1, 0.15) is 5.75 Å². The summed E-state index contributed by atoms with van der Waals surface area (Å²) in [6.45, 7) is 3.37. The molecule has 13 heteroatoms. The molecule has 0 saturated carbocycles. The first-order valence-corrected chi connectivity index (χ1v) is 13.6. The molecule has 2 saturated heterocycles. The van der Waals surface area contributed by atoms with Gasteiger partial charge in [-0.1, -0.05) is 29.5 Å². The molecular formula is C27H27F6N3O3S. The van der Waals surface area contributed by atoms with Crippen LogP contribution in [0.2, 0.25) is 0 Å². The number of carbonyl (C=O) groups excluding carboxylic acids is 1. The number of hydrogen-bond acceptors (Lipinski definition) is 6. The van der Waals surface area contributed by atoms with E-state index in [2.05, 4.69) is 20.7 Å². The summed E-state index contributed by atoms with van der Waals surface area (Å²) in [7, 11) is 0. The van der Waals surface area contributed by atoms with Gasteiger partial charge in [-0.15, -0.1) is 0 Å². The Morgan fingerprint density at radius 1 is 1.02 bits per heavy atom. The molecule has 1 aromatic heterocycles. The van der Waals surface area contributed by atoms with Crippen molar-refractivity contribution >= 4 is 27.6 Å². The molecule has 216 valence electrons. The highest BCUT2D eigenvalue weighted by molar-refractivity contribution is 7.20. The summed E-state index contributed by atoms with van der Waals surface area (Å²) in [6, 6.07) is 13.7. The van der Waals surface area contributed by atoms with Gasteiger partial charge < -0.3 is 14.4 Å². The van der Waals surface area contributed by atoms with Crippen molar-refractivity contribution in [2.75, 3.05) is 19.6 Å². The fourth-order valence-corrected chi connectivity index (χ4v) is 6.43. The molecule has 0 radical (unpaired) electrons. The van der Waals surface area contributed by atoms with E-state index in [0.29, 0.717) is 30.3 Å². The Labute approximate surface area is 230 Å². The number of aryl methyl sites for hydroxylation is 1. The Balaban J connectivity index is 1.24. The zero-order valence-electron chi connectivity index (χ0n) is 21.5. The van der Waals surface area contributed by atoms with Crippen LogP contribution in [0, 0.1) is 6.92 Å². The standard InChI is InChI=1S/C27H27F6N3O3S/c1-17-13-18(15-19(14-17)38-23-34-20-5-2-3-6-21(20)40-23)16-36-10-4-7-25(36)8-11-35(12-9-25)24(37)39-22(26(28,29)30)27(31,32)33/h2-3,5-6,13-15,22H,4,7-12,16H2,1H3. The smallest absolute Gasteiger partial charge is 0.431 e. The average Bonchev–Trinajstić information content (AvgIpc) is 3.44. The second-order valence-corrected chi connectivity index (χ2v) is 11.3. The van der Waals surface area contributed by atoms with Crippen LogP contribution >= 0.6 is 11.3 Å². The van der Waals surface area contributed by atoms with Crippen LogP contribution < -0.4 is 4.74 Å². The van der Waals surface area contributed by atoms with E-state index in [1.807, 2.05) is 43.3 Å². The predicted octanol–water partition coefficient (Wildman–Crippen LogP) is 7.46. The van der Waals surface area contributed by atoms with Gasteiger partial charge in [-0.05, 0) is 74.5 Å². The maximum atomic E-state index is 12.8. The van der Waals surface area contributed by atoms with Crippen LogP contribution in [0.4, 0.5) is 31.1 Å². The highest BCUT2D eigenvalue weighted by Crippen LogP contribution is 2.41. The Hall–Kier alpha value is -3.06. The van der Waals surface area contributed by atoms with Crippen LogP contribution in [0.15, 0.2) is 42.5 Å². The summed E-state index contributed by atoms with van der Waals surface area (Å²) in [5.41, 5.74) is 2.57. The van der Waals surface area contributed by atoms with E-state index in [9.17, 15) is 31.1 Å². The number of ether oxygens (including phenoxy) is 2. The van der Waals surface area contributed by atoms with E-state index >= 15 is 0 Å². The lowest BCUT2D eigenvalue weighted by atomic mass is 9.85. The van der Waals surface area contributed by atoms with Crippen molar-refractivity contribution in [3.8, 4) is 10.9 Å². The van der Waals surface area contributed by atoms with Crippen molar-refractivity contribution in [1.29, 1.82) is 0 Å². The Morgan fingerprint density at radius 2 is 1.73 bits per heavy atom. The zero-order chi connectivity index (χ0) is 28.7. The van der Waals surface area contributed by atoms with Gasteiger partial charge in [0.2, 0.25) is 0 Å². The van der Waals surface area contributed by atoms with E-state index in [1.54, 1.807) is 0 Å². The number of aromatic nitrogens is 1. The minimum absolute atomic E-state index is 0.0115. The largest absolute Gasteiger partial charge is 0.434 e. The van der Waals surface area contributed by atoms with E-state index in [1.165, 1.54) is 11.3 Å². The Morgan fingerprint density at radius 3 is 2.40 bits per heavy atom. The highest BCUT2D eigenvalue weighted by atomic mass is 32.1. The average molecular weight is 588 g/mol. The number of para-hydroxylation sites is 1. The molecule has 2 aromatic carbocycles. The summed E-state index contributed by atoms with van der Waals surface area (Å²) >= 11 is 1.45. The second-order valence-electron chi connectivity index (χ2n) is 10.3. The predicted molar refractivity (Wildman–Crippen MR) is 136 cm³/mol. The molecule has 3 aromatic rings. The third kappa shape index (κ3) is 6.14. The molecule has 0 atom stereocenters. The number of hydrogen-bond donors (Lipinski definition) is 0. The molecule has 1 spiro atoms. The summed E-state index contributed by atoms with van der Waals surface area (Å²) < 4.78 is 88.0. The number of likely N-dealkylation sites (tertiary alicyclic amines) is 2. The monoisotopic (exact) mass is 587 g/mol. The highest BCUT2D eigenvalue weighted by Gasteiger charge is 2.60. The van der Waals surface area contributed by atoms with Crippen molar-refractivity contribution in [3.63, 3.8) is 0 Å². The number of halogens is 6. The molecule has 0 bridgehead atoms. The summed E-state index contributed by atoms with van der Waals surface area (Å²) in [5, 5.41) is 0.535. The van der Waals surface area contributed by atoms with Gasteiger partial charge in [0, 0.05) is 25.2 Å². The molecule has 40 heavy (non-hydrogen) atoms. The van der Waals surface area contributed by atoms with E-state index in [-0.39, 0.29) is 18.6 Å². The molecule has 0 aliphatic carbocycles. The van der Waals surface area contributed by atoms with Crippen molar-refractivity contribution in [2.45, 2.75) is 63.1 Å². The van der Waals surface area contributed by atoms with Crippen LogP contribution in [0.3, 0.4) is 0 Å². The Bertz CT molecular complexity index is 1320. The van der Waals surface area contributed by atoms with Crippen LogP contribution in [0.5, 0.6) is 10.9 Å². The van der Waals surface area contributed by atoms with Crippen LogP contribution in [-0.2, 0) is 11.3 Å². The van der Waals surface area contributed by atoms with Crippen LogP contribution in [-0.4, -0.2) is 64.5 Å². The van der Waals surface area contributed by atoms with Gasteiger partial charge in [0.15, 0.2) is 0 Å². The minimum Gasteiger partial charge on any atom is -0.431 e. The van der Waals surface area contributed by atoms with Crippen molar-refractivity contribution in [2.24, 2.45) is 0 Å². The topological polar surface area (TPSA) is 54.9 Å². The minimum atomic E-state index is -5.74. The SMILES string of the molecule is Cc1cc(CN2CCCC23CCN(C(=O)OC(C(F)(F)F)C(F)(F)F)CC3)cc(Oc2nc3ccccc3s2)c1. The lowest BCUT2D eigenvalue weighted by Gasteiger charge is -2.45. The fourth-order valence-electron chi connectivity index (χ4n) is 5.60. The maximum Gasteiger partial charge on any atom is 0.434 e. The molecule has 2 aliphatic rings. The van der Waals surface area contributed by atoms with E-state index < -0.39 is 24.5 Å². The van der Waals surface area contributed by atoms with Crippen molar-refractivity contribution < 1.29 is 40.6 Å². The van der Waals surface area contributed by atoms with Gasteiger partial charge in [-0.25, -0.2) is 9.78 Å². The van der Waals surface area contributed by atoms with Gasteiger partial charge in [0.05, 0.1) is 10.2 Å². The number of nitrogens with zero attached hydrogens (tertiary/aromatic N) is 3.